The van der Waals surface area contributed by atoms with E-state index in [2.05, 4.69) is 15.5 Å². The van der Waals surface area contributed by atoms with E-state index in [4.69, 9.17) is 4.42 Å². The Morgan fingerprint density at radius 1 is 1.09 bits per heavy atom. The number of amides is 1. The Morgan fingerprint density at radius 2 is 1.88 bits per heavy atom. The minimum Gasteiger partial charge on any atom is -0.469 e. The van der Waals surface area contributed by atoms with Gasteiger partial charge in [-0.2, -0.15) is 0 Å². The number of rotatable bonds is 8. The van der Waals surface area contributed by atoms with E-state index in [0.717, 1.165) is 56.6 Å². The number of anilines is 1. The molecule has 0 bridgehead atoms. The molecule has 8 heteroatoms. The number of nitrogens with one attached hydrogen (secondary N) is 2. The molecule has 3 atom stereocenters. The molecular weight excluding hydrogens is 408 g/mol. The Morgan fingerprint density at radius 3 is 2.59 bits per heavy atom. The molecule has 1 aromatic heterocycles. The van der Waals surface area contributed by atoms with Gasteiger partial charge in [0, 0.05) is 61.9 Å². The standard InChI is InChI=1S/C24H32N4O4/c29-24(14-13-21-6-4-16-32-21)26-23-8-2-1-7-22(23)25-18-5-3-15-27(17-18)19-9-11-20(12-10-19)28(30)31/h4,6,9-12,16,18,22-23,25H,1-3,5,7-8,13-15,17H2,(H,26,29)/t18?,22-,23-/m1/s1. The Kier molecular flexibility index (Phi) is 7.42. The molecule has 1 saturated carbocycles. The van der Waals surface area contributed by atoms with E-state index in [9.17, 15) is 14.9 Å². The second kappa shape index (κ2) is 10.6. The van der Waals surface area contributed by atoms with Crippen molar-refractivity contribution in [2.24, 2.45) is 0 Å². The van der Waals surface area contributed by atoms with Crippen LogP contribution in [0.1, 0.15) is 50.7 Å². The maximum atomic E-state index is 12.5. The van der Waals surface area contributed by atoms with Crippen LogP contribution in [-0.4, -0.2) is 42.0 Å². The van der Waals surface area contributed by atoms with Crippen LogP contribution in [0.3, 0.4) is 0 Å². The lowest BCUT2D eigenvalue weighted by molar-refractivity contribution is -0.384. The Balaban J connectivity index is 1.30. The first-order valence-corrected chi connectivity index (χ1v) is 11.7. The Labute approximate surface area is 188 Å². The van der Waals surface area contributed by atoms with E-state index in [1.165, 1.54) is 6.42 Å². The van der Waals surface area contributed by atoms with E-state index < -0.39 is 0 Å². The fourth-order valence-corrected chi connectivity index (χ4v) is 4.91. The number of benzene rings is 1. The molecule has 172 valence electrons. The normalized spacial score (nSPS) is 23.6. The number of nitro groups is 1. The fraction of sp³-hybridized carbons (Fsp3) is 0.542. The van der Waals surface area contributed by atoms with E-state index in [1.807, 2.05) is 24.3 Å². The van der Waals surface area contributed by atoms with Crippen molar-refractivity contribution in [3.05, 3.63) is 58.5 Å². The second-order valence-electron chi connectivity index (χ2n) is 8.87. The lowest BCUT2D eigenvalue weighted by atomic mass is 9.88. The molecule has 1 saturated heterocycles. The average Bonchev–Trinajstić information content (AvgIpc) is 3.33. The van der Waals surface area contributed by atoms with Crippen molar-refractivity contribution in [1.82, 2.24) is 10.6 Å². The van der Waals surface area contributed by atoms with Crippen LogP contribution in [-0.2, 0) is 11.2 Å². The maximum Gasteiger partial charge on any atom is 0.269 e. The summed E-state index contributed by atoms with van der Waals surface area (Å²) < 4.78 is 5.33. The first kappa shape index (κ1) is 22.3. The molecule has 2 heterocycles. The lowest BCUT2D eigenvalue weighted by Crippen LogP contribution is -2.57. The molecule has 1 unspecified atom stereocenters. The van der Waals surface area contributed by atoms with Crippen molar-refractivity contribution < 1.29 is 14.1 Å². The molecule has 8 nitrogen and oxygen atoms in total. The third kappa shape index (κ3) is 5.88. The predicted octanol–water partition coefficient (Wildman–Crippen LogP) is 3.81. The zero-order valence-electron chi connectivity index (χ0n) is 18.4. The number of hydrogen-bond acceptors (Lipinski definition) is 6. The molecule has 1 aliphatic heterocycles. The van der Waals surface area contributed by atoms with Gasteiger partial charge >= 0.3 is 0 Å². The largest absolute Gasteiger partial charge is 0.469 e. The van der Waals surface area contributed by atoms with E-state index in [1.54, 1.807) is 18.4 Å². The van der Waals surface area contributed by atoms with Crippen LogP contribution in [0.2, 0.25) is 0 Å². The molecule has 2 aromatic rings. The molecule has 2 fully saturated rings. The zero-order chi connectivity index (χ0) is 22.3. The minimum atomic E-state index is -0.365. The van der Waals surface area contributed by atoms with Gasteiger partial charge in [-0.1, -0.05) is 12.8 Å². The molecule has 32 heavy (non-hydrogen) atoms. The number of hydrogen-bond donors (Lipinski definition) is 2. The van der Waals surface area contributed by atoms with Gasteiger partial charge in [0.2, 0.25) is 5.91 Å². The number of nitrogens with zero attached hydrogens (tertiary/aromatic N) is 2. The number of carbonyl (C=O) groups excluding carboxylic acids is 1. The van der Waals surface area contributed by atoms with Crippen molar-refractivity contribution in [2.75, 3.05) is 18.0 Å². The van der Waals surface area contributed by atoms with Gasteiger partial charge in [-0.3, -0.25) is 14.9 Å². The highest BCUT2D eigenvalue weighted by Gasteiger charge is 2.30. The van der Waals surface area contributed by atoms with Crippen LogP contribution in [0.4, 0.5) is 11.4 Å². The van der Waals surface area contributed by atoms with Crippen LogP contribution in [0.5, 0.6) is 0 Å². The number of aryl methyl sites for hydroxylation is 1. The van der Waals surface area contributed by atoms with Crippen molar-refractivity contribution in [1.29, 1.82) is 0 Å². The summed E-state index contributed by atoms with van der Waals surface area (Å²) in [7, 11) is 0. The number of furan rings is 1. The van der Waals surface area contributed by atoms with Crippen LogP contribution in [0.25, 0.3) is 0 Å². The van der Waals surface area contributed by atoms with Gasteiger partial charge in [-0.25, -0.2) is 0 Å². The maximum absolute atomic E-state index is 12.5. The summed E-state index contributed by atoms with van der Waals surface area (Å²) >= 11 is 0. The summed E-state index contributed by atoms with van der Waals surface area (Å²) in [5, 5.41) is 18.0. The van der Waals surface area contributed by atoms with Gasteiger partial charge < -0.3 is 20.0 Å². The summed E-state index contributed by atoms with van der Waals surface area (Å²) in [6, 6.07) is 11.3. The molecule has 2 aliphatic rings. The van der Waals surface area contributed by atoms with Crippen molar-refractivity contribution >= 4 is 17.3 Å². The SMILES string of the molecule is O=C(CCc1ccco1)N[C@@H]1CCCC[C@H]1NC1CCCN(c2ccc([N+](=O)[O-])cc2)C1. The summed E-state index contributed by atoms with van der Waals surface area (Å²) in [5.74, 6) is 0.920. The summed E-state index contributed by atoms with van der Waals surface area (Å²) in [4.78, 5) is 25.4. The highest BCUT2D eigenvalue weighted by molar-refractivity contribution is 5.76. The number of piperidine rings is 1. The monoisotopic (exact) mass is 440 g/mol. The van der Waals surface area contributed by atoms with Crippen LogP contribution in [0.15, 0.2) is 47.1 Å². The van der Waals surface area contributed by atoms with Crippen LogP contribution >= 0.6 is 0 Å². The lowest BCUT2D eigenvalue weighted by Gasteiger charge is -2.40. The molecule has 0 spiro atoms. The third-order valence-electron chi connectivity index (χ3n) is 6.59. The number of nitro benzene ring substituents is 1. The molecule has 2 N–H and O–H groups in total. The smallest absolute Gasteiger partial charge is 0.269 e. The van der Waals surface area contributed by atoms with Crippen LogP contribution < -0.4 is 15.5 Å². The van der Waals surface area contributed by atoms with Gasteiger partial charge in [-0.15, -0.1) is 0 Å². The molecule has 1 aromatic carbocycles. The fourth-order valence-electron chi connectivity index (χ4n) is 4.91. The Bertz CT molecular complexity index is 884. The molecular formula is C24H32N4O4. The van der Waals surface area contributed by atoms with Crippen LogP contribution in [0, 0.1) is 10.1 Å². The van der Waals surface area contributed by atoms with E-state index >= 15 is 0 Å². The summed E-state index contributed by atoms with van der Waals surface area (Å²) in [6.07, 6.45) is 9.25. The van der Waals surface area contributed by atoms with Crippen molar-refractivity contribution in [3.63, 3.8) is 0 Å². The third-order valence-corrected chi connectivity index (χ3v) is 6.59. The number of non-ortho nitro benzene ring substituents is 1. The van der Waals surface area contributed by atoms with Gasteiger partial charge in [0.05, 0.1) is 11.2 Å². The first-order chi connectivity index (χ1) is 15.6. The van der Waals surface area contributed by atoms with Gasteiger partial charge in [0.25, 0.3) is 5.69 Å². The average molecular weight is 441 g/mol. The van der Waals surface area contributed by atoms with Gasteiger partial charge in [0.15, 0.2) is 0 Å². The first-order valence-electron chi connectivity index (χ1n) is 11.7. The quantitative estimate of drug-likeness (QED) is 0.478. The molecule has 4 rings (SSSR count). The second-order valence-corrected chi connectivity index (χ2v) is 8.87. The van der Waals surface area contributed by atoms with Gasteiger partial charge in [-0.05, 0) is 49.9 Å². The minimum absolute atomic E-state index is 0.0799. The van der Waals surface area contributed by atoms with Crippen molar-refractivity contribution in [2.45, 2.75) is 69.5 Å². The number of carbonyl (C=O) groups is 1. The molecule has 0 radical (unpaired) electrons. The highest BCUT2D eigenvalue weighted by atomic mass is 16.6. The summed E-state index contributed by atoms with van der Waals surface area (Å²) in [5.41, 5.74) is 1.14. The van der Waals surface area contributed by atoms with Crippen molar-refractivity contribution in [3.8, 4) is 0 Å². The Hall–Kier alpha value is -2.87. The van der Waals surface area contributed by atoms with Gasteiger partial charge in [0.1, 0.15) is 5.76 Å². The van der Waals surface area contributed by atoms with E-state index in [0.29, 0.717) is 18.9 Å². The zero-order valence-corrected chi connectivity index (χ0v) is 18.4. The summed E-state index contributed by atoms with van der Waals surface area (Å²) in [6.45, 7) is 1.82. The van der Waals surface area contributed by atoms with E-state index in [-0.39, 0.29) is 28.6 Å². The molecule has 1 amide bonds. The predicted molar refractivity (Wildman–Crippen MR) is 123 cm³/mol. The highest BCUT2D eigenvalue weighted by Crippen LogP contribution is 2.25. The topological polar surface area (TPSA) is 101 Å². The molecule has 1 aliphatic carbocycles.